The van der Waals surface area contributed by atoms with Gasteiger partial charge in [-0.3, -0.25) is 0 Å². The summed E-state index contributed by atoms with van der Waals surface area (Å²) in [5, 5.41) is 8.59. The van der Waals surface area contributed by atoms with Crippen LogP contribution in [0.1, 0.15) is 44.6 Å². The second-order valence-corrected chi connectivity index (χ2v) is 6.10. The normalized spacial score (nSPS) is 10.9. The Morgan fingerprint density at radius 3 is 2.12 bits per heavy atom. The molecule has 2 rings (SSSR count). The van der Waals surface area contributed by atoms with E-state index in [1.54, 1.807) is 0 Å². The monoisotopic (exact) mass is 336 g/mol. The molecule has 0 aliphatic rings. The van der Waals surface area contributed by atoms with Gasteiger partial charge in [0.15, 0.2) is 0 Å². The molecule has 3 nitrogen and oxygen atoms in total. The highest BCUT2D eigenvalue weighted by molar-refractivity contribution is 5.43. The molecule has 0 fully saturated rings. The van der Waals surface area contributed by atoms with Crippen LogP contribution < -0.4 is 4.74 Å². The van der Waals surface area contributed by atoms with Crippen molar-refractivity contribution in [3.63, 3.8) is 0 Å². The number of ether oxygens (including phenoxy) is 1. The van der Waals surface area contributed by atoms with Crippen LogP contribution in [0.15, 0.2) is 71.4 Å². The van der Waals surface area contributed by atoms with E-state index in [4.69, 9.17) is 4.74 Å². The van der Waals surface area contributed by atoms with Gasteiger partial charge in [0, 0.05) is 0 Å². The highest BCUT2D eigenvalue weighted by Gasteiger charge is 1.96. The van der Waals surface area contributed by atoms with Crippen LogP contribution in [0.2, 0.25) is 0 Å². The van der Waals surface area contributed by atoms with Gasteiger partial charge >= 0.3 is 0 Å². The molecule has 0 heterocycles. The lowest BCUT2D eigenvalue weighted by molar-refractivity contribution is 0.325. The Morgan fingerprint density at radius 2 is 1.52 bits per heavy atom. The quantitative estimate of drug-likeness (QED) is 0.243. The molecule has 25 heavy (non-hydrogen) atoms. The van der Waals surface area contributed by atoms with Gasteiger partial charge in [0.25, 0.3) is 0 Å². The third-order valence-electron chi connectivity index (χ3n) is 3.96. The zero-order valence-electron chi connectivity index (χ0n) is 15.2. The molecule has 0 saturated heterocycles. The summed E-state index contributed by atoms with van der Waals surface area (Å²) in [5.41, 5.74) is 3.07. The first-order valence-corrected chi connectivity index (χ1v) is 9.16. The molecule has 0 N–H and O–H groups in total. The van der Waals surface area contributed by atoms with Crippen LogP contribution >= 0.6 is 0 Å². The molecular weight excluding hydrogens is 308 g/mol. The van der Waals surface area contributed by atoms with Crippen LogP contribution in [0.5, 0.6) is 5.75 Å². The smallest absolute Gasteiger partial charge is 0.119 e. The molecule has 3 heteroatoms. The summed E-state index contributed by atoms with van der Waals surface area (Å²) in [6.45, 7) is 6.57. The molecule has 0 saturated carbocycles. The lowest BCUT2D eigenvalue weighted by Crippen LogP contribution is -1.94. The van der Waals surface area contributed by atoms with Gasteiger partial charge in [0.2, 0.25) is 0 Å². The van der Waals surface area contributed by atoms with E-state index in [0.29, 0.717) is 6.61 Å². The van der Waals surface area contributed by atoms with E-state index in [-0.39, 0.29) is 0 Å². The van der Waals surface area contributed by atoms with Crippen molar-refractivity contribution in [1.82, 2.24) is 0 Å². The molecule has 0 amide bonds. The van der Waals surface area contributed by atoms with E-state index in [1.165, 1.54) is 31.2 Å². The molecule has 0 atom stereocenters. The van der Waals surface area contributed by atoms with Crippen molar-refractivity contribution in [1.29, 1.82) is 0 Å². The lowest BCUT2D eigenvalue weighted by Gasteiger charge is -2.04. The highest BCUT2D eigenvalue weighted by atomic mass is 16.5. The summed E-state index contributed by atoms with van der Waals surface area (Å²) in [6.07, 6.45) is 9.01. The molecular formula is C22H28N2O. The maximum atomic E-state index is 5.58. The van der Waals surface area contributed by atoms with Crippen LogP contribution in [0.25, 0.3) is 0 Å². The minimum Gasteiger partial charge on any atom is -0.493 e. The second-order valence-electron chi connectivity index (χ2n) is 6.10. The molecule has 2 aromatic rings. The molecule has 0 aliphatic carbocycles. The van der Waals surface area contributed by atoms with E-state index in [0.717, 1.165) is 30.0 Å². The SMILES string of the molecule is C=CCCOc1ccc(N=Nc2ccc(CCCCCC)cc2)cc1. The number of unbranched alkanes of at least 4 members (excludes halogenated alkanes) is 3. The highest BCUT2D eigenvalue weighted by Crippen LogP contribution is 2.22. The Labute approximate surface area is 151 Å². The second kappa shape index (κ2) is 11.2. The summed E-state index contributed by atoms with van der Waals surface area (Å²) >= 11 is 0. The van der Waals surface area contributed by atoms with E-state index in [2.05, 4.69) is 35.9 Å². The van der Waals surface area contributed by atoms with Crippen LogP contribution in [0, 0.1) is 0 Å². The average molecular weight is 336 g/mol. The maximum Gasteiger partial charge on any atom is 0.119 e. The van der Waals surface area contributed by atoms with E-state index in [1.807, 2.05) is 42.5 Å². The Balaban J connectivity index is 1.83. The largest absolute Gasteiger partial charge is 0.493 e. The summed E-state index contributed by atoms with van der Waals surface area (Å²) < 4.78 is 5.58. The fraction of sp³-hybridized carbons (Fsp3) is 0.364. The first kappa shape index (κ1) is 18.9. The van der Waals surface area contributed by atoms with Crippen LogP contribution in [-0.2, 0) is 6.42 Å². The number of rotatable bonds is 11. The number of hydrogen-bond donors (Lipinski definition) is 0. The van der Waals surface area contributed by atoms with Crippen LogP contribution in [0.4, 0.5) is 11.4 Å². The minimum absolute atomic E-state index is 0.648. The first-order chi connectivity index (χ1) is 12.3. The Morgan fingerprint density at radius 1 is 0.880 bits per heavy atom. The maximum absolute atomic E-state index is 5.58. The predicted molar refractivity (Wildman–Crippen MR) is 105 cm³/mol. The van der Waals surface area contributed by atoms with Crippen molar-refractivity contribution in [2.75, 3.05) is 6.61 Å². The van der Waals surface area contributed by atoms with E-state index < -0.39 is 0 Å². The Bertz CT molecular complexity index is 645. The van der Waals surface area contributed by atoms with Gasteiger partial charge in [0.1, 0.15) is 5.75 Å². The van der Waals surface area contributed by atoms with E-state index >= 15 is 0 Å². The summed E-state index contributed by atoms with van der Waals surface area (Å²) in [5.74, 6) is 0.841. The summed E-state index contributed by atoms with van der Waals surface area (Å²) in [7, 11) is 0. The molecule has 0 radical (unpaired) electrons. The predicted octanol–water partition coefficient (Wildman–Crippen LogP) is 7.18. The Hall–Kier alpha value is -2.42. The fourth-order valence-corrected chi connectivity index (χ4v) is 2.47. The number of aryl methyl sites for hydroxylation is 1. The zero-order chi connectivity index (χ0) is 17.7. The first-order valence-electron chi connectivity index (χ1n) is 9.16. The average Bonchev–Trinajstić information content (AvgIpc) is 2.66. The number of nitrogens with zero attached hydrogens (tertiary/aromatic N) is 2. The topological polar surface area (TPSA) is 34.0 Å². The number of benzene rings is 2. The third-order valence-corrected chi connectivity index (χ3v) is 3.96. The van der Waals surface area contributed by atoms with Crippen molar-refractivity contribution >= 4 is 11.4 Å². The molecule has 0 unspecified atom stereocenters. The van der Waals surface area contributed by atoms with Crippen molar-refractivity contribution in [3.05, 3.63) is 66.7 Å². The molecule has 2 aromatic carbocycles. The molecule has 0 spiro atoms. The molecule has 0 aromatic heterocycles. The minimum atomic E-state index is 0.648. The van der Waals surface area contributed by atoms with Crippen LogP contribution in [-0.4, -0.2) is 6.61 Å². The number of hydrogen-bond acceptors (Lipinski definition) is 3. The van der Waals surface area contributed by atoms with Crippen molar-refractivity contribution in [3.8, 4) is 5.75 Å². The fourth-order valence-electron chi connectivity index (χ4n) is 2.47. The molecule has 132 valence electrons. The lowest BCUT2D eigenvalue weighted by atomic mass is 10.1. The Kier molecular flexibility index (Phi) is 8.46. The van der Waals surface area contributed by atoms with Gasteiger partial charge in [-0.05, 0) is 61.2 Å². The van der Waals surface area contributed by atoms with Crippen molar-refractivity contribution in [2.24, 2.45) is 10.2 Å². The van der Waals surface area contributed by atoms with Crippen molar-refractivity contribution in [2.45, 2.75) is 45.4 Å². The zero-order valence-corrected chi connectivity index (χ0v) is 15.2. The van der Waals surface area contributed by atoms with Gasteiger partial charge in [-0.2, -0.15) is 10.2 Å². The molecule has 0 bridgehead atoms. The standard InChI is InChI=1S/C22H28N2O/c1-3-5-7-8-9-19-10-12-20(13-11-19)23-24-21-14-16-22(17-15-21)25-18-6-4-2/h4,10-17H,2-3,5-9,18H2,1H3. The van der Waals surface area contributed by atoms with Crippen molar-refractivity contribution < 1.29 is 4.74 Å². The van der Waals surface area contributed by atoms with Crippen LogP contribution in [0.3, 0.4) is 0 Å². The number of azo groups is 1. The van der Waals surface area contributed by atoms with Gasteiger partial charge in [0.05, 0.1) is 18.0 Å². The van der Waals surface area contributed by atoms with Gasteiger partial charge in [-0.15, -0.1) is 6.58 Å². The van der Waals surface area contributed by atoms with E-state index in [9.17, 15) is 0 Å². The summed E-state index contributed by atoms with van der Waals surface area (Å²) in [4.78, 5) is 0. The van der Waals surface area contributed by atoms with Gasteiger partial charge in [-0.25, -0.2) is 0 Å². The summed E-state index contributed by atoms with van der Waals surface area (Å²) in [6, 6.07) is 16.0. The van der Waals surface area contributed by atoms with Gasteiger partial charge in [-0.1, -0.05) is 44.4 Å². The third kappa shape index (κ3) is 7.34. The van der Waals surface area contributed by atoms with Gasteiger partial charge < -0.3 is 4.74 Å². The molecule has 0 aliphatic heterocycles.